The number of nitrogens with two attached hydrogens (primary N) is 2. The zero-order chi connectivity index (χ0) is 21.6. The summed E-state index contributed by atoms with van der Waals surface area (Å²) < 4.78 is 24.2. The van der Waals surface area contributed by atoms with Gasteiger partial charge in [-0.1, -0.05) is 0 Å². The van der Waals surface area contributed by atoms with Crippen LogP contribution in [0.3, 0.4) is 0 Å². The SMILES string of the molecule is COCCOc1cc(N)c(C(=N)C(=O)/C=C(\N)c2ccc(C(=O)O)nc2)cc1F. The number of carboxylic acids is 1. The maximum absolute atomic E-state index is 14.2. The average Bonchev–Trinajstić information content (AvgIpc) is 2.69. The van der Waals surface area contributed by atoms with Gasteiger partial charge in [0.05, 0.1) is 6.61 Å². The van der Waals surface area contributed by atoms with Crippen molar-refractivity contribution in [2.45, 2.75) is 0 Å². The van der Waals surface area contributed by atoms with Gasteiger partial charge in [0.25, 0.3) is 0 Å². The van der Waals surface area contributed by atoms with Crippen molar-refractivity contribution in [3.63, 3.8) is 0 Å². The van der Waals surface area contributed by atoms with Gasteiger partial charge in [-0.25, -0.2) is 14.2 Å². The molecule has 29 heavy (non-hydrogen) atoms. The number of pyridine rings is 1. The Kier molecular flexibility index (Phi) is 6.99. The maximum atomic E-state index is 14.2. The van der Waals surface area contributed by atoms with Crippen molar-refractivity contribution in [1.29, 1.82) is 5.41 Å². The van der Waals surface area contributed by atoms with Gasteiger partial charge in [-0.05, 0) is 18.2 Å². The van der Waals surface area contributed by atoms with Crippen LogP contribution in [0.5, 0.6) is 5.75 Å². The normalized spacial score (nSPS) is 11.2. The van der Waals surface area contributed by atoms with Crippen LogP contribution >= 0.6 is 0 Å². The minimum atomic E-state index is -1.20. The minimum Gasteiger partial charge on any atom is -0.488 e. The van der Waals surface area contributed by atoms with Gasteiger partial charge < -0.3 is 26.0 Å². The fourth-order valence-corrected chi connectivity index (χ4v) is 2.25. The van der Waals surface area contributed by atoms with Crippen LogP contribution in [0.1, 0.15) is 21.6 Å². The van der Waals surface area contributed by atoms with Gasteiger partial charge in [0, 0.05) is 48.0 Å². The Morgan fingerprint density at radius 3 is 2.62 bits per heavy atom. The largest absolute Gasteiger partial charge is 0.488 e. The lowest BCUT2D eigenvalue weighted by Gasteiger charge is -2.11. The first-order chi connectivity index (χ1) is 13.7. The van der Waals surface area contributed by atoms with E-state index >= 15 is 0 Å². The third-order valence-corrected chi connectivity index (χ3v) is 3.77. The molecule has 1 aromatic carbocycles. The molecule has 2 aromatic rings. The molecule has 0 spiro atoms. The van der Waals surface area contributed by atoms with Gasteiger partial charge in [-0.2, -0.15) is 0 Å². The van der Waals surface area contributed by atoms with Gasteiger partial charge in [0.15, 0.2) is 11.6 Å². The van der Waals surface area contributed by atoms with Crippen LogP contribution in [-0.2, 0) is 9.53 Å². The lowest BCUT2D eigenvalue weighted by molar-refractivity contribution is -0.108. The minimum absolute atomic E-state index is 0.0170. The second kappa shape index (κ2) is 9.42. The smallest absolute Gasteiger partial charge is 0.354 e. The molecule has 9 nitrogen and oxygen atoms in total. The van der Waals surface area contributed by atoms with E-state index in [0.717, 1.165) is 12.1 Å². The summed E-state index contributed by atoms with van der Waals surface area (Å²) >= 11 is 0. The highest BCUT2D eigenvalue weighted by Crippen LogP contribution is 2.25. The molecular weight excluding hydrogens is 383 g/mol. The van der Waals surface area contributed by atoms with Crippen molar-refractivity contribution in [3.8, 4) is 5.75 Å². The number of carbonyl (C=O) groups excluding carboxylic acids is 1. The van der Waals surface area contributed by atoms with Gasteiger partial charge >= 0.3 is 5.97 Å². The van der Waals surface area contributed by atoms with E-state index in [1.54, 1.807) is 0 Å². The molecule has 0 unspecified atom stereocenters. The second-order valence-electron chi connectivity index (χ2n) is 5.79. The molecule has 0 aliphatic carbocycles. The van der Waals surface area contributed by atoms with E-state index in [-0.39, 0.29) is 47.2 Å². The molecule has 0 saturated carbocycles. The lowest BCUT2D eigenvalue weighted by Crippen LogP contribution is -2.16. The van der Waals surface area contributed by atoms with Gasteiger partial charge in [-0.15, -0.1) is 0 Å². The van der Waals surface area contributed by atoms with E-state index in [1.807, 2.05) is 0 Å². The summed E-state index contributed by atoms with van der Waals surface area (Å²) in [6.45, 7) is 0.359. The molecule has 0 radical (unpaired) electrons. The van der Waals surface area contributed by atoms with Crippen molar-refractivity contribution in [2.24, 2.45) is 5.73 Å². The number of anilines is 1. The average molecular weight is 402 g/mol. The number of hydrogen-bond acceptors (Lipinski definition) is 8. The number of methoxy groups -OCH3 is 1. The molecule has 10 heteroatoms. The van der Waals surface area contributed by atoms with Crippen LogP contribution in [0.25, 0.3) is 5.70 Å². The number of aromatic nitrogens is 1. The number of aromatic carboxylic acids is 1. The molecule has 0 atom stereocenters. The van der Waals surface area contributed by atoms with E-state index in [9.17, 15) is 14.0 Å². The predicted molar refractivity (Wildman–Crippen MR) is 103 cm³/mol. The van der Waals surface area contributed by atoms with Crippen molar-refractivity contribution >= 4 is 28.8 Å². The Balaban J connectivity index is 2.20. The van der Waals surface area contributed by atoms with E-state index in [0.29, 0.717) is 0 Å². The third-order valence-electron chi connectivity index (χ3n) is 3.77. The van der Waals surface area contributed by atoms with Crippen LogP contribution in [0, 0.1) is 11.2 Å². The molecule has 152 valence electrons. The zero-order valence-electron chi connectivity index (χ0n) is 15.4. The van der Waals surface area contributed by atoms with Crippen LogP contribution in [0.15, 0.2) is 36.5 Å². The van der Waals surface area contributed by atoms with E-state index in [4.69, 9.17) is 31.5 Å². The Hall–Kier alpha value is -3.79. The summed E-state index contributed by atoms with van der Waals surface area (Å²) in [5.41, 5.74) is 11.0. The van der Waals surface area contributed by atoms with Gasteiger partial charge in [0.2, 0.25) is 5.78 Å². The monoisotopic (exact) mass is 402 g/mol. The Morgan fingerprint density at radius 1 is 1.31 bits per heavy atom. The fraction of sp³-hybridized carbons (Fsp3) is 0.158. The molecule has 1 aromatic heterocycles. The molecule has 0 bridgehead atoms. The number of hydrogen-bond donors (Lipinski definition) is 4. The maximum Gasteiger partial charge on any atom is 0.354 e. The van der Waals surface area contributed by atoms with Crippen LogP contribution in [-0.4, -0.2) is 47.9 Å². The number of nitrogens with zero attached hydrogens (tertiary/aromatic N) is 1. The Bertz CT molecular complexity index is 973. The summed E-state index contributed by atoms with van der Waals surface area (Å²) in [5, 5.41) is 16.8. The first-order valence-electron chi connectivity index (χ1n) is 8.25. The van der Waals surface area contributed by atoms with E-state index in [1.165, 1.54) is 31.5 Å². The van der Waals surface area contributed by atoms with Crippen LogP contribution < -0.4 is 16.2 Å². The number of halogens is 1. The molecule has 2 rings (SSSR count). The quantitative estimate of drug-likeness (QED) is 0.212. The molecule has 0 amide bonds. The third kappa shape index (κ3) is 5.36. The predicted octanol–water partition coefficient (Wildman–Crippen LogP) is 1.46. The summed E-state index contributed by atoms with van der Waals surface area (Å²) in [4.78, 5) is 26.9. The van der Waals surface area contributed by atoms with Crippen molar-refractivity contribution in [1.82, 2.24) is 4.98 Å². The summed E-state index contributed by atoms with van der Waals surface area (Å²) in [6.07, 6.45) is 2.15. The highest BCUT2D eigenvalue weighted by molar-refractivity contribution is 6.50. The first-order valence-corrected chi connectivity index (χ1v) is 8.25. The van der Waals surface area contributed by atoms with Gasteiger partial charge in [-0.3, -0.25) is 10.2 Å². The number of allylic oxidation sites excluding steroid dienone is 1. The Morgan fingerprint density at radius 2 is 2.03 bits per heavy atom. The number of ether oxygens (including phenoxy) is 2. The highest BCUT2D eigenvalue weighted by Gasteiger charge is 2.18. The topological polar surface area (TPSA) is 162 Å². The number of ketones is 1. The zero-order valence-corrected chi connectivity index (χ0v) is 15.4. The number of carbonyl (C=O) groups is 2. The lowest BCUT2D eigenvalue weighted by atomic mass is 10.0. The molecule has 1 heterocycles. The van der Waals surface area contributed by atoms with Crippen molar-refractivity contribution in [2.75, 3.05) is 26.1 Å². The fourth-order valence-electron chi connectivity index (χ4n) is 2.25. The first kappa shape index (κ1) is 21.5. The molecule has 0 aliphatic heterocycles. The molecule has 6 N–H and O–H groups in total. The molecule has 0 fully saturated rings. The number of rotatable bonds is 9. The Labute approximate surface area is 165 Å². The summed E-state index contributed by atoms with van der Waals surface area (Å²) in [5.74, 6) is -2.93. The number of benzene rings is 1. The van der Waals surface area contributed by atoms with Crippen LogP contribution in [0.4, 0.5) is 10.1 Å². The van der Waals surface area contributed by atoms with Gasteiger partial charge in [0.1, 0.15) is 18.0 Å². The summed E-state index contributed by atoms with van der Waals surface area (Å²) in [6, 6.07) is 4.72. The number of nitrogen functional groups attached to an aromatic ring is 1. The highest BCUT2D eigenvalue weighted by atomic mass is 19.1. The van der Waals surface area contributed by atoms with Crippen molar-refractivity contribution < 1.29 is 28.6 Å². The second-order valence-corrected chi connectivity index (χ2v) is 5.79. The van der Waals surface area contributed by atoms with E-state index in [2.05, 4.69) is 4.98 Å². The molecular formula is C19H19FN4O5. The van der Waals surface area contributed by atoms with Crippen LogP contribution in [0.2, 0.25) is 0 Å². The molecule has 0 saturated heterocycles. The standard InChI is InChI=1S/C19H19FN4O5/c1-28-4-5-29-17-8-14(22)11(6-12(17)20)18(23)16(25)7-13(21)10-2-3-15(19(26)27)24-9-10/h2-3,6-9,23H,4-5,21-22H2,1H3,(H,26,27)/b13-7-,23-18?. The molecule has 0 aliphatic rings. The summed E-state index contributed by atoms with van der Waals surface area (Å²) in [7, 11) is 1.47. The van der Waals surface area contributed by atoms with Crippen molar-refractivity contribution in [3.05, 3.63) is 59.2 Å². The van der Waals surface area contributed by atoms with E-state index < -0.39 is 23.3 Å². The number of carboxylic acid groups (broad SMARTS) is 1. The number of nitrogens with one attached hydrogen (secondary N) is 1.